The van der Waals surface area contributed by atoms with Crippen molar-refractivity contribution >= 4 is 5.69 Å². The summed E-state index contributed by atoms with van der Waals surface area (Å²) in [6, 6.07) is 5.25. The van der Waals surface area contributed by atoms with Crippen LogP contribution in [0.5, 0.6) is 0 Å². The van der Waals surface area contributed by atoms with E-state index in [9.17, 15) is 4.39 Å². The fraction of sp³-hybridized carbons (Fsp3) is 0.571. The first-order valence-electron chi connectivity index (χ1n) is 6.22. The van der Waals surface area contributed by atoms with Crippen LogP contribution in [-0.4, -0.2) is 32.8 Å². The normalized spacial score (nSPS) is 14.3. The largest absolute Gasteiger partial charge is 0.383 e. The molecule has 0 aliphatic heterocycles. The van der Waals surface area contributed by atoms with E-state index in [0.717, 1.165) is 5.69 Å². The molecule has 1 aromatic rings. The van der Waals surface area contributed by atoms with Crippen molar-refractivity contribution in [2.45, 2.75) is 32.4 Å². The number of rotatable bonds is 6. The second kappa shape index (κ2) is 6.71. The lowest BCUT2D eigenvalue weighted by atomic mass is 10.0. The van der Waals surface area contributed by atoms with E-state index >= 15 is 0 Å². The number of ether oxygens (including phenoxy) is 1. The molecule has 0 saturated carbocycles. The van der Waals surface area contributed by atoms with Gasteiger partial charge in [0.05, 0.1) is 6.61 Å². The standard InChI is InChI=1S/C14H23FN2O/c1-10(16)8-12-13(15)6-5-7-14(12)17(3)11(2)9-18-4/h5-7,10-11H,8-9,16H2,1-4H3. The molecule has 0 aliphatic carbocycles. The van der Waals surface area contributed by atoms with Crippen LogP contribution in [0.1, 0.15) is 19.4 Å². The third kappa shape index (κ3) is 3.68. The van der Waals surface area contributed by atoms with Gasteiger partial charge in [-0.05, 0) is 32.4 Å². The fourth-order valence-electron chi connectivity index (χ4n) is 1.99. The number of nitrogens with zero attached hydrogens (tertiary/aromatic N) is 1. The molecular weight excluding hydrogens is 231 g/mol. The van der Waals surface area contributed by atoms with Gasteiger partial charge in [0.25, 0.3) is 0 Å². The van der Waals surface area contributed by atoms with E-state index in [1.54, 1.807) is 13.2 Å². The summed E-state index contributed by atoms with van der Waals surface area (Å²) in [5.41, 5.74) is 7.35. The smallest absolute Gasteiger partial charge is 0.128 e. The van der Waals surface area contributed by atoms with E-state index in [2.05, 4.69) is 0 Å². The fourth-order valence-corrected chi connectivity index (χ4v) is 1.99. The molecule has 2 atom stereocenters. The van der Waals surface area contributed by atoms with Crippen LogP contribution in [-0.2, 0) is 11.2 Å². The molecule has 0 spiro atoms. The monoisotopic (exact) mass is 254 g/mol. The van der Waals surface area contributed by atoms with Crippen molar-refractivity contribution in [3.05, 3.63) is 29.6 Å². The van der Waals surface area contributed by atoms with Crippen LogP contribution in [0, 0.1) is 5.82 Å². The molecule has 0 aromatic heterocycles. The average molecular weight is 254 g/mol. The van der Waals surface area contributed by atoms with E-state index in [0.29, 0.717) is 18.6 Å². The van der Waals surface area contributed by atoms with Crippen LogP contribution in [0.15, 0.2) is 18.2 Å². The van der Waals surface area contributed by atoms with Gasteiger partial charge in [0.15, 0.2) is 0 Å². The second-order valence-corrected chi connectivity index (χ2v) is 4.83. The lowest BCUT2D eigenvalue weighted by Gasteiger charge is -2.29. The zero-order valence-corrected chi connectivity index (χ0v) is 11.6. The van der Waals surface area contributed by atoms with Gasteiger partial charge in [-0.1, -0.05) is 6.07 Å². The van der Waals surface area contributed by atoms with Gasteiger partial charge in [0, 0.05) is 37.5 Å². The Morgan fingerprint density at radius 2 is 2.06 bits per heavy atom. The number of hydrogen-bond acceptors (Lipinski definition) is 3. The summed E-state index contributed by atoms with van der Waals surface area (Å²) in [4.78, 5) is 2.03. The van der Waals surface area contributed by atoms with E-state index in [1.165, 1.54) is 6.07 Å². The summed E-state index contributed by atoms with van der Waals surface area (Å²) in [7, 11) is 3.61. The third-order valence-electron chi connectivity index (χ3n) is 3.07. The van der Waals surface area contributed by atoms with Gasteiger partial charge < -0.3 is 15.4 Å². The quantitative estimate of drug-likeness (QED) is 0.845. The Labute approximate surface area is 109 Å². The highest BCUT2D eigenvalue weighted by Gasteiger charge is 2.17. The number of methoxy groups -OCH3 is 1. The highest BCUT2D eigenvalue weighted by atomic mass is 19.1. The zero-order chi connectivity index (χ0) is 13.7. The molecule has 0 heterocycles. The predicted molar refractivity (Wildman–Crippen MR) is 73.5 cm³/mol. The minimum Gasteiger partial charge on any atom is -0.383 e. The zero-order valence-electron chi connectivity index (χ0n) is 11.6. The van der Waals surface area contributed by atoms with Crippen molar-refractivity contribution in [3.63, 3.8) is 0 Å². The minimum absolute atomic E-state index is 0.0632. The van der Waals surface area contributed by atoms with Crippen LogP contribution >= 0.6 is 0 Å². The van der Waals surface area contributed by atoms with Crippen molar-refractivity contribution in [3.8, 4) is 0 Å². The first-order chi connectivity index (χ1) is 8.47. The molecule has 2 N–H and O–H groups in total. The van der Waals surface area contributed by atoms with Crippen LogP contribution in [0.4, 0.5) is 10.1 Å². The molecule has 0 radical (unpaired) electrons. The van der Waals surface area contributed by atoms with E-state index in [1.807, 2.05) is 31.9 Å². The van der Waals surface area contributed by atoms with Crippen LogP contribution in [0.2, 0.25) is 0 Å². The van der Waals surface area contributed by atoms with Gasteiger partial charge in [-0.25, -0.2) is 4.39 Å². The lowest BCUT2D eigenvalue weighted by Crippen LogP contribution is -2.34. The second-order valence-electron chi connectivity index (χ2n) is 4.83. The first-order valence-corrected chi connectivity index (χ1v) is 6.22. The van der Waals surface area contributed by atoms with Crippen molar-refractivity contribution in [2.75, 3.05) is 25.7 Å². The highest BCUT2D eigenvalue weighted by molar-refractivity contribution is 5.54. The van der Waals surface area contributed by atoms with Crippen molar-refractivity contribution in [2.24, 2.45) is 5.73 Å². The van der Waals surface area contributed by atoms with Gasteiger partial charge in [0.1, 0.15) is 5.82 Å². The van der Waals surface area contributed by atoms with Crippen LogP contribution in [0.25, 0.3) is 0 Å². The average Bonchev–Trinajstić information content (AvgIpc) is 2.30. The molecule has 1 aromatic carbocycles. The van der Waals surface area contributed by atoms with Gasteiger partial charge >= 0.3 is 0 Å². The summed E-state index contributed by atoms with van der Waals surface area (Å²) in [6.45, 7) is 4.53. The molecule has 0 aliphatic rings. The molecular formula is C14H23FN2O. The Morgan fingerprint density at radius 3 is 2.61 bits per heavy atom. The Bertz CT molecular complexity index is 382. The van der Waals surface area contributed by atoms with Crippen molar-refractivity contribution in [1.29, 1.82) is 0 Å². The summed E-state index contributed by atoms with van der Waals surface area (Å²) in [5.74, 6) is -0.193. The molecule has 102 valence electrons. The number of hydrogen-bond donors (Lipinski definition) is 1. The third-order valence-corrected chi connectivity index (χ3v) is 3.07. The number of benzene rings is 1. The summed E-state index contributed by atoms with van der Waals surface area (Å²) >= 11 is 0. The Balaban J connectivity index is 3.03. The maximum Gasteiger partial charge on any atom is 0.128 e. The maximum atomic E-state index is 13.9. The molecule has 0 bridgehead atoms. The van der Waals surface area contributed by atoms with Crippen LogP contribution < -0.4 is 10.6 Å². The molecule has 3 nitrogen and oxygen atoms in total. The van der Waals surface area contributed by atoms with Crippen molar-refractivity contribution < 1.29 is 9.13 Å². The van der Waals surface area contributed by atoms with E-state index in [-0.39, 0.29) is 17.9 Å². The van der Waals surface area contributed by atoms with Gasteiger partial charge in [-0.3, -0.25) is 0 Å². The number of nitrogens with two attached hydrogens (primary N) is 1. The number of anilines is 1. The Hall–Kier alpha value is -1.13. The molecule has 18 heavy (non-hydrogen) atoms. The minimum atomic E-state index is -0.193. The SMILES string of the molecule is COCC(C)N(C)c1cccc(F)c1CC(C)N. The Morgan fingerprint density at radius 1 is 1.39 bits per heavy atom. The van der Waals surface area contributed by atoms with E-state index in [4.69, 9.17) is 10.5 Å². The predicted octanol–water partition coefficient (Wildman–Crippen LogP) is 2.19. The Kier molecular flexibility index (Phi) is 5.56. The molecule has 1 rings (SSSR count). The molecule has 2 unspecified atom stereocenters. The molecule has 4 heteroatoms. The number of halogens is 1. The molecule has 0 fully saturated rings. The van der Waals surface area contributed by atoms with E-state index < -0.39 is 0 Å². The van der Waals surface area contributed by atoms with Gasteiger partial charge in [-0.15, -0.1) is 0 Å². The molecule has 0 amide bonds. The summed E-state index contributed by atoms with van der Waals surface area (Å²) in [6.07, 6.45) is 0.534. The lowest BCUT2D eigenvalue weighted by molar-refractivity contribution is 0.183. The van der Waals surface area contributed by atoms with Gasteiger partial charge in [-0.2, -0.15) is 0 Å². The molecule has 0 saturated heterocycles. The maximum absolute atomic E-state index is 13.9. The topological polar surface area (TPSA) is 38.5 Å². The van der Waals surface area contributed by atoms with Crippen LogP contribution in [0.3, 0.4) is 0 Å². The van der Waals surface area contributed by atoms with Crippen molar-refractivity contribution in [1.82, 2.24) is 0 Å². The highest BCUT2D eigenvalue weighted by Crippen LogP contribution is 2.25. The number of likely N-dealkylation sites (N-methyl/N-ethyl adjacent to an activating group) is 1. The summed E-state index contributed by atoms with van der Waals surface area (Å²) in [5, 5.41) is 0. The first kappa shape index (κ1) is 14.9. The summed E-state index contributed by atoms with van der Waals surface area (Å²) < 4.78 is 19.0. The van der Waals surface area contributed by atoms with Gasteiger partial charge in [0.2, 0.25) is 0 Å².